The first-order chi connectivity index (χ1) is 65.0. The molecule has 9 aliphatic rings. The van der Waals surface area contributed by atoms with E-state index >= 15 is 0 Å². The summed E-state index contributed by atoms with van der Waals surface area (Å²) in [6.45, 7) is 133. The van der Waals surface area contributed by atoms with E-state index < -0.39 is 0 Å². The number of likely N-dealkylation sites (N-methyl/N-ethyl adjacent to an activating group) is 8. The number of carbonyl (C=O) groups excluding carboxylic acids is 6. The number of ether oxygens (including phenoxy) is 2. The molecule has 850 valence electrons. The Morgan fingerprint density at radius 2 is 0.694 bits per heavy atom. The predicted molar refractivity (Wildman–Crippen MR) is 628 cm³/mol. The lowest BCUT2D eigenvalue weighted by atomic mass is 9.74. The molecule has 0 saturated carbocycles. The van der Waals surface area contributed by atoms with Gasteiger partial charge in [0, 0.05) is 151 Å². The molecule has 1 atom stereocenters. The number of nitrogens with zero attached hydrogens (tertiary/aromatic N) is 9. The fraction of sp³-hybridized carbons (Fsp3) is 0.798. The summed E-state index contributed by atoms with van der Waals surface area (Å²) < 4.78 is 11.1. The second kappa shape index (κ2) is 51.2. The zero-order valence-corrected chi connectivity index (χ0v) is 107. The largest absolute Gasteiger partial charge is 0.488 e. The SMILES string of the molecule is CC1NC(=O)C(C(C)(C)C)=C(C(C)(C)C)N1.CN1CC(=O)NC(C(C)(C)C)=C(C(C)(C)C)C1.CN1CC(C(C)(C)C)=C(C(C)(C)C)C(=O)N1.CN1CC(C(C)(C)C)=C(C(C)(C)C)C=N1.CN1CC(C(C)(C)C)=C(C(C)(C)C)CNC1=O.CN1CC(C(C)(C)C)=C(C(C)(C)C)COC1=O.CN1CC(C(C)(C)C)=C(C(C)(C)C)OCC1=O.CN1CCCC(C(C)(C)C)=C(C(C)(C)C)C1.CN1CCNC(C(C)(C)C)=C(C(C)(C)C)C1. The van der Waals surface area contributed by atoms with Gasteiger partial charge in [-0.15, -0.1) is 0 Å². The Morgan fingerprint density at radius 1 is 0.306 bits per heavy atom. The van der Waals surface area contributed by atoms with Crippen LogP contribution in [0.4, 0.5) is 9.59 Å². The second-order valence-corrected chi connectivity index (χ2v) is 61.8. The van der Waals surface area contributed by atoms with Gasteiger partial charge < -0.3 is 60.6 Å². The first-order valence-corrected chi connectivity index (χ1v) is 54.9. The smallest absolute Gasteiger partial charge is 0.410 e. The van der Waals surface area contributed by atoms with Gasteiger partial charge in [0.15, 0.2) is 6.61 Å². The number of hydrogen-bond acceptors (Lipinski definition) is 16. The lowest BCUT2D eigenvalue weighted by molar-refractivity contribution is -0.132. The van der Waals surface area contributed by atoms with Crippen molar-refractivity contribution in [2.45, 2.75) is 400 Å². The molecule has 0 spiro atoms. The maximum absolute atomic E-state index is 12.1. The van der Waals surface area contributed by atoms with E-state index in [0.717, 1.165) is 80.7 Å². The number of hydrogen-bond donors (Lipinski definition) is 6. The van der Waals surface area contributed by atoms with Gasteiger partial charge in [-0.3, -0.25) is 34.5 Å². The third-order valence-electron chi connectivity index (χ3n) is 27.8. The van der Waals surface area contributed by atoms with Crippen LogP contribution in [0.25, 0.3) is 0 Å². The van der Waals surface area contributed by atoms with Gasteiger partial charge in [-0.05, 0) is 179 Å². The Morgan fingerprint density at radius 3 is 1.10 bits per heavy atom. The number of hydrazine groups is 1. The summed E-state index contributed by atoms with van der Waals surface area (Å²) in [5, 5.41) is 24.3. The van der Waals surface area contributed by atoms with E-state index in [9.17, 15) is 28.8 Å². The number of allylic oxidation sites excluding steroid dienone is 6. The molecular weight excluding hydrogens is 1830 g/mol. The highest BCUT2D eigenvalue weighted by Crippen LogP contribution is 2.48. The van der Waals surface area contributed by atoms with E-state index in [-0.39, 0.29) is 135 Å². The van der Waals surface area contributed by atoms with Gasteiger partial charge in [-0.25, -0.2) is 14.6 Å². The molecule has 23 nitrogen and oxygen atoms in total. The zero-order chi connectivity index (χ0) is 116. The monoisotopic (exact) mass is 2060 g/mol. The number of amides is 7. The molecule has 0 aromatic heterocycles. The molecule has 9 heterocycles. The van der Waals surface area contributed by atoms with Crippen molar-refractivity contribution in [1.82, 2.24) is 71.4 Å². The molecule has 0 aromatic carbocycles. The van der Waals surface area contributed by atoms with Gasteiger partial charge in [-0.2, -0.15) is 5.10 Å². The van der Waals surface area contributed by atoms with E-state index in [2.05, 4.69) is 440 Å². The summed E-state index contributed by atoms with van der Waals surface area (Å²) >= 11 is 0. The van der Waals surface area contributed by atoms with Crippen LogP contribution in [0.3, 0.4) is 0 Å². The van der Waals surface area contributed by atoms with Crippen molar-refractivity contribution >= 4 is 42.0 Å². The van der Waals surface area contributed by atoms with Crippen LogP contribution in [0.15, 0.2) is 106 Å². The fourth-order valence-electron chi connectivity index (χ4n) is 19.3. The molecule has 9 aliphatic heterocycles. The Balaban J connectivity index is 0.000000827. The van der Waals surface area contributed by atoms with Crippen LogP contribution in [-0.2, 0) is 28.7 Å². The lowest BCUT2D eigenvalue weighted by Gasteiger charge is -2.39. The average Bonchev–Trinajstić information content (AvgIpc) is 1.64. The van der Waals surface area contributed by atoms with Gasteiger partial charge in [0.25, 0.3) is 17.7 Å². The van der Waals surface area contributed by atoms with Crippen molar-refractivity contribution in [2.75, 3.05) is 155 Å². The Kier molecular flexibility index (Phi) is 48.0. The molecule has 147 heavy (non-hydrogen) atoms. The number of urea groups is 1. The first-order valence-electron chi connectivity index (χ1n) is 54.9. The molecule has 9 rings (SSSR count). The Labute approximate surface area is 904 Å². The standard InChI is InChI=1S/C15H29N.2C14H26N2O.C14H28N2.2C14H25NO2.2C13H24N2O.C13H24N2/c1-14(2,3)12-9-8-10-16(7)11-13(12)15(4,5)6;1-13(2,3)10-8-16(7)9-11(17)15-12(10)14(4,5)6;1-13(2,3)10-8-15-12(17)16(7)9-11(10)14(4,5)6;1-13(2,3)11-10-16(7)9-8-15-12(11)14(4,5)6;1-13(2,3)10-8-15(7)11(16)9-17-12(10)14(4,5)6;1-13(2,3)10-8-15(7)12(16)17-9-11(10)14(4,5)6;1-12(2,3)9-8-15(7)14-11(16)10(9)13(4,5)6;1-8-14-10(13(5,6)7)9(11(16)15-8)12(2,3)4;1-12(2,3)10-8-14-15(7)9-11(10)13(4,5)6/h8-11H2,1-7H3;2*8-9H2,1-7H3,(H,15,17);15H,8-10H2,1-7H3;2*8-9H2,1-7H3;8H2,1-7H3,(H,14,16);8,14H,1-7H3,(H,15,16);8H,9H2,1-7H3. The number of rotatable bonds is 0. The van der Waals surface area contributed by atoms with E-state index in [1.54, 1.807) is 38.5 Å². The van der Waals surface area contributed by atoms with Crippen LogP contribution in [0.1, 0.15) is 394 Å². The van der Waals surface area contributed by atoms with E-state index in [0.29, 0.717) is 43.6 Å². The fourth-order valence-corrected chi connectivity index (χ4v) is 19.3. The van der Waals surface area contributed by atoms with Gasteiger partial charge in [0.2, 0.25) is 5.91 Å². The number of nitrogens with one attached hydrogen (secondary N) is 6. The van der Waals surface area contributed by atoms with Crippen LogP contribution in [0.2, 0.25) is 0 Å². The molecular formula is C124H231N15O8. The molecule has 6 N–H and O–H groups in total. The first kappa shape index (κ1) is 138. The normalized spacial score (nSPS) is 20.2. The third kappa shape index (κ3) is 44.8. The van der Waals surface area contributed by atoms with Crippen molar-refractivity contribution in [2.24, 2.45) is 103 Å². The van der Waals surface area contributed by atoms with Crippen LogP contribution < -0.4 is 32.0 Å². The summed E-state index contributed by atoms with van der Waals surface area (Å²) in [5.41, 5.74) is 26.8. The summed E-state index contributed by atoms with van der Waals surface area (Å²) in [5.74, 6) is 1.22. The third-order valence-corrected chi connectivity index (χ3v) is 27.8. The molecule has 1 unspecified atom stereocenters. The molecule has 0 radical (unpaired) electrons. The summed E-state index contributed by atoms with van der Waals surface area (Å²) in [7, 11) is 15.9. The Hall–Kier alpha value is -7.21. The second-order valence-electron chi connectivity index (χ2n) is 61.8. The van der Waals surface area contributed by atoms with Gasteiger partial charge in [-0.1, -0.05) is 385 Å². The highest BCUT2D eigenvalue weighted by molar-refractivity contribution is 5.97. The molecule has 0 aromatic rings. The van der Waals surface area contributed by atoms with Crippen LogP contribution >= 0.6 is 0 Å². The molecule has 0 aliphatic carbocycles. The van der Waals surface area contributed by atoms with Crippen LogP contribution in [0.5, 0.6) is 0 Å². The van der Waals surface area contributed by atoms with Crippen LogP contribution in [0, 0.1) is 97.5 Å². The summed E-state index contributed by atoms with van der Waals surface area (Å²) in [4.78, 5) is 83.3. The van der Waals surface area contributed by atoms with E-state index in [4.69, 9.17) is 9.47 Å². The molecule has 0 bridgehead atoms. The highest BCUT2D eigenvalue weighted by Gasteiger charge is 2.43. The molecule has 7 amide bonds. The van der Waals surface area contributed by atoms with Gasteiger partial charge in [0.05, 0.1) is 25.5 Å². The highest BCUT2D eigenvalue weighted by atomic mass is 16.6. The van der Waals surface area contributed by atoms with E-state index in [1.165, 1.54) is 75.2 Å². The van der Waals surface area contributed by atoms with Crippen molar-refractivity contribution in [1.29, 1.82) is 0 Å². The summed E-state index contributed by atoms with van der Waals surface area (Å²) in [6.07, 6.45) is 4.39. The maximum Gasteiger partial charge on any atom is 0.410 e. The van der Waals surface area contributed by atoms with Crippen molar-refractivity contribution in [3.63, 3.8) is 0 Å². The predicted octanol–water partition coefficient (Wildman–Crippen LogP) is 26.7. The van der Waals surface area contributed by atoms with Crippen molar-refractivity contribution in [3.05, 3.63) is 101 Å². The van der Waals surface area contributed by atoms with Crippen molar-refractivity contribution < 1.29 is 38.2 Å². The van der Waals surface area contributed by atoms with E-state index in [1.807, 2.05) is 58.4 Å². The Bertz CT molecular complexity index is 4490. The number of hydrazone groups is 1. The van der Waals surface area contributed by atoms with Gasteiger partial charge >= 0.3 is 12.1 Å². The quantitative estimate of drug-likeness (QED) is 0.124. The minimum Gasteiger partial charge on any atom is -0.488 e. The molecule has 23 heteroatoms. The molecule has 0 saturated heterocycles. The average molecular weight is 2060 g/mol. The minimum absolute atomic E-state index is 0.00725. The molecule has 0 fully saturated rings. The van der Waals surface area contributed by atoms with Crippen LogP contribution in [-0.4, -0.2) is 242 Å². The number of carbonyl (C=O) groups is 6. The topological polar surface area (TPSA) is 231 Å². The summed E-state index contributed by atoms with van der Waals surface area (Å²) in [6, 6.07) is 0.0194. The number of cyclic esters (lactones) is 1. The minimum atomic E-state index is -0.231. The lowest BCUT2D eigenvalue weighted by Crippen LogP contribution is -2.53. The zero-order valence-electron chi connectivity index (χ0n) is 107. The van der Waals surface area contributed by atoms with Crippen molar-refractivity contribution in [3.8, 4) is 0 Å². The maximum atomic E-state index is 12.1. The van der Waals surface area contributed by atoms with Gasteiger partial charge in [0.1, 0.15) is 12.4 Å².